The van der Waals surface area contributed by atoms with E-state index in [1.54, 1.807) is 7.05 Å². The van der Waals surface area contributed by atoms with Gasteiger partial charge in [0.05, 0.1) is 6.54 Å². The lowest BCUT2D eigenvalue weighted by Gasteiger charge is -2.45. The third kappa shape index (κ3) is 5.33. The van der Waals surface area contributed by atoms with Gasteiger partial charge in [-0.3, -0.25) is 14.7 Å². The Balaban J connectivity index is 1.34. The maximum Gasteiger partial charge on any atom is 0.242 e. The van der Waals surface area contributed by atoms with Gasteiger partial charge in [-0.05, 0) is 56.5 Å². The molecule has 170 valence electrons. The fraction of sp³-hybridized carbons (Fsp3) is 0.652. The molecule has 8 heteroatoms. The minimum absolute atomic E-state index is 0.129. The molecule has 7 nitrogen and oxygen atoms in total. The Bertz CT molecular complexity index is 773. The molecule has 0 aromatic heterocycles. The number of carbonyl (C=O) groups is 1. The highest BCUT2D eigenvalue weighted by atomic mass is 35.5. The van der Waals surface area contributed by atoms with Crippen molar-refractivity contribution in [1.82, 2.24) is 20.0 Å². The van der Waals surface area contributed by atoms with E-state index in [4.69, 9.17) is 16.3 Å². The van der Waals surface area contributed by atoms with E-state index in [0.717, 1.165) is 50.7 Å². The number of amides is 1. The molecule has 0 aliphatic carbocycles. The van der Waals surface area contributed by atoms with Crippen LogP contribution in [0.3, 0.4) is 0 Å². The van der Waals surface area contributed by atoms with E-state index in [1.807, 2.05) is 29.2 Å². The molecule has 0 bridgehead atoms. The Morgan fingerprint density at radius 3 is 2.48 bits per heavy atom. The van der Waals surface area contributed by atoms with Crippen LogP contribution in [0.5, 0.6) is 0 Å². The molecule has 3 aliphatic rings. The molecule has 3 aliphatic heterocycles. The summed E-state index contributed by atoms with van der Waals surface area (Å²) in [5.74, 6) is 0.953. The number of benzene rings is 1. The number of likely N-dealkylation sites (tertiary alicyclic amines) is 1. The molecule has 0 spiro atoms. The van der Waals surface area contributed by atoms with Gasteiger partial charge in [0.25, 0.3) is 0 Å². The van der Waals surface area contributed by atoms with E-state index in [9.17, 15) is 4.79 Å². The topological polar surface area (TPSA) is 60.4 Å². The van der Waals surface area contributed by atoms with Gasteiger partial charge >= 0.3 is 0 Å². The summed E-state index contributed by atoms with van der Waals surface area (Å²) >= 11 is 5.97. The third-order valence-electron chi connectivity index (χ3n) is 6.89. The number of aliphatic imine (C=N–C) groups is 1. The van der Waals surface area contributed by atoms with Gasteiger partial charge in [-0.2, -0.15) is 0 Å². The van der Waals surface area contributed by atoms with Gasteiger partial charge in [0, 0.05) is 57.0 Å². The quantitative estimate of drug-likeness (QED) is 0.554. The molecule has 0 saturated carbocycles. The van der Waals surface area contributed by atoms with Crippen molar-refractivity contribution in [2.75, 3.05) is 59.5 Å². The minimum atomic E-state index is 0.129. The number of rotatable bonds is 5. The van der Waals surface area contributed by atoms with Crippen LogP contribution in [-0.2, 0) is 16.1 Å². The second kappa shape index (κ2) is 10.2. The highest BCUT2D eigenvalue weighted by Crippen LogP contribution is 2.30. The van der Waals surface area contributed by atoms with Crippen molar-refractivity contribution < 1.29 is 9.53 Å². The lowest BCUT2D eigenvalue weighted by atomic mass is 9.88. The maximum atomic E-state index is 12.8. The highest BCUT2D eigenvalue weighted by molar-refractivity contribution is 6.30. The van der Waals surface area contributed by atoms with Crippen LogP contribution in [0.15, 0.2) is 29.3 Å². The molecule has 1 amide bonds. The molecule has 1 aromatic carbocycles. The van der Waals surface area contributed by atoms with Gasteiger partial charge in [0.1, 0.15) is 0 Å². The van der Waals surface area contributed by atoms with Crippen LogP contribution < -0.4 is 5.32 Å². The van der Waals surface area contributed by atoms with Gasteiger partial charge in [-0.25, -0.2) is 0 Å². The summed E-state index contributed by atoms with van der Waals surface area (Å²) in [6.45, 7) is 7.26. The van der Waals surface area contributed by atoms with Crippen LogP contribution >= 0.6 is 11.6 Å². The number of hydrogen-bond donors (Lipinski definition) is 1. The molecule has 3 saturated heterocycles. The summed E-state index contributed by atoms with van der Waals surface area (Å²) in [5.41, 5.74) is 1.23. The Kier molecular flexibility index (Phi) is 7.35. The highest BCUT2D eigenvalue weighted by Gasteiger charge is 2.40. The zero-order valence-corrected chi connectivity index (χ0v) is 19.2. The van der Waals surface area contributed by atoms with Crippen molar-refractivity contribution in [2.45, 2.75) is 37.8 Å². The van der Waals surface area contributed by atoms with Crippen molar-refractivity contribution in [2.24, 2.45) is 4.99 Å². The summed E-state index contributed by atoms with van der Waals surface area (Å²) in [7, 11) is 1.80. The van der Waals surface area contributed by atoms with E-state index in [2.05, 4.69) is 20.1 Å². The number of guanidine groups is 1. The van der Waals surface area contributed by atoms with Crippen LogP contribution in [0.4, 0.5) is 0 Å². The monoisotopic (exact) mass is 447 g/mol. The van der Waals surface area contributed by atoms with Crippen molar-refractivity contribution in [3.8, 4) is 0 Å². The van der Waals surface area contributed by atoms with E-state index in [0.29, 0.717) is 24.7 Å². The van der Waals surface area contributed by atoms with Crippen molar-refractivity contribution in [1.29, 1.82) is 0 Å². The molecule has 31 heavy (non-hydrogen) atoms. The Morgan fingerprint density at radius 1 is 1.13 bits per heavy atom. The molecule has 0 atom stereocenters. The lowest BCUT2D eigenvalue weighted by molar-refractivity contribution is -0.135. The van der Waals surface area contributed by atoms with Crippen LogP contribution in [0.25, 0.3) is 0 Å². The van der Waals surface area contributed by atoms with E-state index in [1.165, 1.54) is 25.9 Å². The van der Waals surface area contributed by atoms with Crippen molar-refractivity contribution in [3.05, 3.63) is 34.9 Å². The zero-order chi connectivity index (χ0) is 21.7. The van der Waals surface area contributed by atoms with Crippen LogP contribution in [0.1, 0.15) is 31.2 Å². The van der Waals surface area contributed by atoms with E-state index < -0.39 is 0 Å². The lowest BCUT2D eigenvalue weighted by Crippen LogP contribution is -2.60. The fourth-order valence-electron chi connectivity index (χ4n) is 4.99. The second-order valence-electron chi connectivity index (χ2n) is 8.79. The molecule has 3 fully saturated rings. The summed E-state index contributed by atoms with van der Waals surface area (Å²) in [6.07, 6.45) is 4.65. The normalized spacial score (nSPS) is 22.8. The summed E-state index contributed by atoms with van der Waals surface area (Å²) in [4.78, 5) is 24.0. The molecular weight excluding hydrogens is 414 g/mol. The average Bonchev–Trinajstić information content (AvgIpc) is 3.34. The molecule has 4 rings (SSSR count). The number of piperazine rings is 1. The third-order valence-corrected chi connectivity index (χ3v) is 7.14. The molecule has 0 radical (unpaired) electrons. The minimum Gasteiger partial charge on any atom is -0.381 e. The first-order chi connectivity index (χ1) is 15.1. The predicted molar refractivity (Wildman–Crippen MR) is 123 cm³/mol. The Morgan fingerprint density at radius 2 is 1.84 bits per heavy atom. The summed E-state index contributed by atoms with van der Waals surface area (Å²) in [6, 6.07) is 7.70. The molecular formula is C23H34ClN5O2. The Labute approximate surface area is 190 Å². The van der Waals surface area contributed by atoms with Gasteiger partial charge in [-0.15, -0.1) is 0 Å². The zero-order valence-electron chi connectivity index (χ0n) is 18.5. The van der Waals surface area contributed by atoms with Crippen LogP contribution in [0.2, 0.25) is 5.02 Å². The van der Waals surface area contributed by atoms with Gasteiger partial charge in [-0.1, -0.05) is 23.7 Å². The average molecular weight is 448 g/mol. The summed E-state index contributed by atoms with van der Waals surface area (Å²) < 4.78 is 5.66. The standard InChI is InChI=1S/C23H34ClN5O2/c1-25-22(26-18-23(8-14-31-15-9-23)29-10-2-3-11-29)28-13-12-27(21(30)17-28)16-19-4-6-20(24)7-5-19/h4-7H,2-3,8-18H2,1H3,(H,25,26). The van der Waals surface area contributed by atoms with Gasteiger partial charge in [0.15, 0.2) is 5.96 Å². The van der Waals surface area contributed by atoms with E-state index in [-0.39, 0.29) is 11.4 Å². The predicted octanol–water partition coefficient (Wildman–Crippen LogP) is 2.20. The largest absolute Gasteiger partial charge is 0.381 e. The molecule has 1 aromatic rings. The molecule has 1 N–H and O–H groups in total. The van der Waals surface area contributed by atoms with Gasteiger partial charge in [0.2, 0.25) is 5.91 Å². The first kappa shape index (κ1) is 22.4. The van der Waals surface area contributed by atoms with Crippen molar-refractivity contribution in [3.63, 3.8) is 0 Å². The number of nitrogens with zero attached hydrogens (tertiary/aromatic N) is 4. The maximum absolute atomic E-state index is 12.8. The van der Waals surface area contributed by atoms with Crippen molar-refractivity contribution >= 4 is 23.5 Å². The summed E-state index contributed by atoms with van der Waals surface area (Å²) in [5, 5.41) is 4.33. The second-order valence-corrected chi connectivity index (χ2v) is 9.23. The first-order valence-corrected chi connectivity index (χ1v) is 11.8. The smallest absolute Gasteiger partial charge is 0.242 e. The number of halogens is 1. The fourth-order valence-corrected chi connectivity index (χ4v) is 5.12. The number of carbonyl (C=O) groups excluding carboxylic acids is 1. The Hall–Kier alpha value is -1.83. The molecule has 3 heterocycles. The number of nitrogens with one attached hydrogen (secondary N) is 1. The van der Waals surface area contributed by atoms with E-state index >= 15 is 0 Å². The van der Waals surface area contributed by atoms with Crippen LogP contribution in [0, 0.1) is 0 Å². The first-order valence-electron chi connectivity index (χ1n) is 11.4. The molecule has 0 unspecified atom stereocenters. The SMILES string of the molecule is CN=C(NCC1(N2CCCC2)CCOCC1)N1CCN(Cc2ccc(Cl)cc2)C(=O)C1. The number of ether oxygens (including phenoxy) is 1. The van der Waals surface area contributed by atoms with Gasteiger partial charge < -0.3 is 19.9 Å². The number of hydrogen-bond acceptors (Lipinski definition) is 4. The van der Waals surface area contributed by atoms with Crippen LogP contribution in [-0.4, -0.2) is 91.6 Å².